The Bertz CT molecular complexity index is 557. The number of fused-ring (bicyclic) bond motifs is 1. The minimum absolute atomic E-state index is 0.217. The summed E-state index contributed by atoms with van der Waals surface area (Å²) in [4.78, 5) is 24.8. The lowest BCUT2D eigenvalue weighted by Gasteiger charge is -2.01. The van der Waals surface area contributed by atoms with Crippen LogP contribution in [0.1, 0.15) is 22.3 Å². The van der Waals surface area contributed by atoms with Crippen LogP contribution in [0.15, 0.2) is 24.4 Å². The Hall–Kier alpha value is -2.10. The smallest absolute Gasteiger partial charge is 0.305 e. The van der Waals surface area contributed by atoms with E-state index in [9.17, 15) is 9.59 Å². The lowest BCUT2D eigenvalue weighted by molar-refractivity contribution is -0.140. The lowest BCUT2D eigenvalue weighted by Crippen LogP contribution is -2.01. The largest absolute Gasteiger partial charge is 0.469 e. The predicted octanol–water partition coefficient (Wildman–Crippen LogP) is 2.09. The number of aromatic nitrogens is 1. The van der Waals surface area contributed by atoms with Gasteiger partial charge in [-0.1, -0.05) is 12.1 Å². The third kappa shape index (κ3) is 2.36. The molecule has 0 aliphatic heterocycles. The van der Waals surface area contributed by atoms with E-state index in [1.54, 1.807) is 6.20 Å². The Kier molecular flexibility index (Phi) is 3.23. The first-order chi connectivity index (χ1) is 8.24. The average Bonchev–Trinajstić information content (AvgIpc) is 2.78. The minimum Gasteiger partial charge on any atom is -0.469 e. The molecule has 2 rings (SSSR count). The molecule has 4 heteroatoms. The van der Waals surface area contributed by atoms with Gasteiger partial charge in [-0.25, -0.2) is 0 Å². The fourth-order valence-electron chi connectivity index (χ4n) is 1.80. The molecule has 2 aromatic rings. The lowest BCUT2D eigenvalue weighted by atomic mass is 10.1. The summed E-state index contributed by atoms with van der Waals surface area (Å²) in [5, 5.41) is 0.904. The van der Waals surface area contributed by atoms with Crippen molar-refractivity contribution in [3.05, 3.63) is 35.5 Å². The summed E-state index contributed by atoms with van der Waals surface area (Å²) in [5.74, 6) is -0.217. The molecular weight excluding hydrogens is 218 g/mol. The van der Waals surface area contributed by atoms with Gasteiger partial charge in [-0.05, 0) is 18.1 Å². The van der Waals surface area contributed by atoms with Crippen LogP contribution < -0.4 is 0 Å². The third-order valence-electron chi connectivity index (χ3n) is 2.75. The summed E-state index contributed by atoms with van der Waals surface area (Å²) >= 11 is 0. The van der Waals surface area contributed by atoms with E-state index in [1.165, 1.54) is 7.11 Å². The zero-order valence-electron chi connectivity index (χ0n) is 9.53. The Labute approximate surface area is 98.6 Å². The van der Waals surface area contributed by atoms with Crippen molar-refractivity contribution in [1.82, 2.24) is 4.98 Å². The van der Waals surface area contributed by atoms with Gasteiger partial charge in [0, 0.05) is 29.1 Å². The first-order valence-corrected chi connectivity index (χ1v) is 5.36. The van der Waals surface area contributed by atoms with Crippen LogP contribution in [-0.4, -0.2) is 24.3 Å². The first-order valence-electron chi connectivity index (χ1n) is 5.36. The number of hydrogen-bond donors (Lipinski definition) is 1. The van der Waals surface area contributed by atoms with Gasteiger partial charge < -0.3 is 9.72 Å². The number of ether oxygens (including phenoxy) is 1. The molecule has 1 aromatic carbocycles. The van der Waals surface area contributed by atoms with Crippen molar-refractivity contribution in [3.8, 4) is 0 Å². The fraction of sp³-hybridized carbons (Fsp3) is 0.231. The Morgan fingerprint density at radius 2 is 2.29 bits per heavy atom. The Balaban J connectivity index is 2.20. The molecule has 1 N–H and O–H groups in total. The van der Waals surface area contributed by atoms with Gasteiger partial charge in [0.1, 0.15) is 0 Å². The van der Waals surface area contributed by atoms with Crippen molar-refractivity contribution >= 4 is 23.2 Å². The molecule has 17 heavy (non-hydrogen) atoms. The van der Waals surface area contributed by atoms with Crippen molar-refractivity contribution in [2.45, 2.75) is 12.8 Å². The molecule has 0 spiro atoms. The second-order valence-corrected chi connectivity index (χ2v) is 3.82. The van der Waals surface area contributed by atoms with Gasteiger partial charge in [0.15, 0.2) is 6.29 Å². The van der Waals surface area contributed by atoms with Crippen LogP contribution in [-0.2, 0) is 16.0 Å². The molecule has 0 amide bonds. The molecular formula is C13H13NO3. The number of carbonyl (C=O) groups excluding carboxylic acids is 2. The molecule has 1 heterocycles. The molecule has 0 fully saturated rings. The third-order valence-corrected chi connectivity index (χ3v) is 2.75. The molecule has 0 aliphatic carbocycles. The Morgan fingerprint density at radius 1 is 1.47 bits per heavy atom. The number of hydrogen-bond acceptors (Lipinski definition) is 3. The maximum Gasteiger partial charge on any atom is 0.305 e. The zero-order valence-corrected chi connectivity index (χ0v) is 9.53. The summed E-state index contributed by atoms with van der Waals surface area (Å²) in [6.45, 7) is 0. The van der Waals surface area contributed by atoms with Gasteiger partial charge in [-0.15, -0.1) is 0 Å². The number of aromatic amines is 1. The number of methoxy groups -OCH3 is 1. The van der Waals surface area contributed by atoms with Gasteiger partial charge in [-0.2, -0.15) is 0 Å². The predicted molar refractivity (Wildman–Crippen MR) is 64.0 cm³/mol. The summed E-state index contributed by atoms with van der Waals surface area (Å²) in [5.41, 5.74) is 2.61. The van der Waals surface area contributed by atoms with E-state index < -0.39 is 0 Å². The number of carbonyl (C=O) groups is 2. The van der Waals surface area contributed by atoms with Gasteiger partial charge in [0.25, 0.3) is 0 Å². The number of nitrogens with one attached hydrogen (secondary N) is 1. The Morgan fingerprint density at radius 3 is 3.00 bits per heavy atom. The van der Waals surface area contributed by atoms with E-state index in [4.69, 9.17) is 0 Å². The number of H-pyrrole nitrogens is 1. The fourth-order valence-corrected chi connectivity index (χ4v) is 1.80. The van der Waals surface area contributed by atoms with Crippen LogP contribution in [0.5, 0.6) is 0 Å². The molecule has 0 saturated heterocycles. The molecule has 0 radical (unpaired) electrons. The molecule has 0 unspecified atom stereocenters. The number of esters is 1. The van der Waals surface area contributed by atoms with Crippen molar-refractivity contribution < 1.29 is 14.3 Å². The quantitative estimate of drug-likeness (QED) is 0.647. The van der Waals surface area contributed by atoms with E-state index in [2.05, 4.69) is 9.72 Å². The van der Waals surface area contributed by atoms with Crippen LogP contribution >= 0.6 is 0 Å². The van der Waals surface area contributed by atoms with Gasteiger partial charge in [0.2, 0.25) is 0 Å². The monoisotopic (exact) mass is 231 g/mol. The number of rotatable bonds is 4. The second kappa shape index (κ2) is 4.82. The standard InChI is InChI=1S/C13H13NO3/c1-17-13(16)5-3-9-2-4-11-10(8-15)7-14-12(11)6-9/h2,4,6-8,14H,3,5H2,1H3. The van der Waals surface area contributed by atoms with Gasteiger partial charge in [-0.3, -0.25) is 9.59 Å². The van der Waals surface area contributed by atoms with Crippen LogP contribution in [0.4, 0.5) is 0 Å². The van der Waals surface area contributed by atoms with E-state index in [0.717, 1.165) is 22.8 Å². The highest BCUT2D eigenvalue weighted by Crippen LogP contribution is 2.19. The number of benzene rings is 1. The van der Waals surface area contributed by atoms with Crippen molar-refractivity contribution in [2.75, 3.05) is 7.11 Å². The highest BCUT2D eigenvalue weighted by atomic mass is 16.5. The summed E-state index contributed by atoms with van der Waals surface area (Å²) in [7, 11) is 1.38. The average molecular weight is 231 g/mol. The summed E-state index contributed by atoms with van der Waals surface area (Å²) < 4.78 is 4.59. The van der Waals surface area contributed by atoms with E-state index >= 15 is 0 Å². The van der Waals surface area contributed by atoms with E-state index in [-0.39, 0.29) is 5.97 Å². The molecule has 0 saturated carbocycles. The highest BCUT2D eigenvalue weighted by Gasteiger charge is 2.05. The van der Waals surface area contributed by atoms with Crippen LogP contribution in [0.3, 0.4) is 0 Å². The second-order valence-electron chi connectivity index (χ2n) is 3.82. The van der Waals surface area contributed by atoms with Crippen LogP contribution in [0.2, 0.25) is 0 Å². The van der Waals surface area contributed by atoms with Crippen LogP contribution in [0.25, 0.3) is 10.9 Å². The molecule has 0 atom stereocenters. The van der Waals surface area contributed by atoms with Crippen molar-refractivity contribution in [2.24, 2.45) is 0 Å². The minimum atomic E-state index is -0.217. The van der Waals surface area contributed by atoms with Crippen LogP contribution in [0, 0.1) is 0 Å². The maximum atomic E-state index is 11.0. The SMILES string of the molecule is COC(=O)CCc1ccc2c(C=O)c[nH]c2c1. The molecule has 0 aliphatic rings. The van der Waals surface area contributed by atoms with E-state index in [1.807, 2.05) is 18.2 Å². The van der Waals surface area contributed by atoms with Gasteiger partial charge >= 0.3 is 5.97 Å². The normalized spacial score (nSPS) is 10.4. The topological polar surface area (TPSA) is 59.2 Å². The molecule has 88 valence electrons. The van der Waals surface area contributed by atoms with E-state index in [0.29, 0.717) is 18.4 Å². The van der Waals surface area contributed by atoms with Crippen molar-refractivity contribution in [3.63, 3.8) is 0 Å². The summed E-state index contributed by atoms with van der Waals surface area (Å²) in [6, 6.07) is 5.76. The van der Waals surface area contributed by atoms with Crippen molar-refractivity contribution in [1.29, 1.82) is 0 Å². The molecule has 1 aromatic heterocycles. The molecule has 4 nitrogen and oxygen atoms in total. The zero-order chi connectivity index (χ0) is 12.3. The number of aldehydes is 1. The number of aryl methyl sites for hydroxylation is 1. The molecule has 0 bridgehead atoms. The van der Waals surface area contributed by atoms with Gasteiger partial charge in [0.05, 0.1) is 7.11 Å². The summed E-state index contributed by atoms with van der Waals surface area (Å²) in [6.07, 6.45) is 3.51. The first kappa shape index (κ1) is 11.4. The highest BCUT2D eigenvalue weighted by molar-refractivity contribution is 5.97. The maximum absolute atomic E-state index is 11.0.